The summed E-state index contributed by atoms with van der Waals surface area (Å²) in [4.78, 5) is 2.18. The fourth-order valence-electron chi connectivity index (χ4n) is 2.41. The van der Waals surface area contributed by atoms with E-state index in [-0.39, 0.29) is 12.0 Å². The summed E-state index contributed by atoms with van der Waals surface area (Å²) in [5.74, 6) is 1.64. The molecule has 0 aromatic heterocycles. The Hall–Kier alpha value is -1.42. The number of rotatable bonds is 4. The monoisotopic (exact) mass is 249 g/mol. The summed E-state index contributed by atoms with van der Waals surface area (Å²) in [6.45, 7) is 2.40. The lowest BCUT2D eigenvalue weighted by Crippen LogP contribution is -2.28. The number of fused-ring (bicyclic) bond motifs is 1. The minimum Gasteiger partial charge on any atom is -0.486 e. The van der Waals surface area contributed by atoms with E-state index >= 15 is 0 Å². The minimum atomic E-state index is 0.127. The standard InChI is InChI=1S/C14H19NO3/c1-15(9-14(10-16)4-5-14)11-2-3-12-13(8-11)18-7-6-17-12/h2-3,8,16H,4-7,9-10H2,1H3. The van der Waals surface area contributed by atoms with Gasteiger partial charge in [-0.3, -0.25) is 0 Å². The van der Waals surface area contributed by atoms with Gasteiger partial charge in [-0.05, 0) is 25.0 Å². The third-order valence-electron chi connectivity index (χ3n) is 3.83. The lowest BCUT2D eigenvalue weighted by atomic mass is 10.1. The van der Waals surface area contributed by atoms with Crippen LogP contribution in [-0.2, 0) is 0 Å². The van der Waals surface area contributed by atoms with Gasteiger partial charge in [0.15, 0.2) is 11.5 Å². The van der Waals surface area contributed by atoms with Crippen LogP contribution in [0.3, 0.4) is 0 Å². The highest BCUT2D eigenvalue weighted by atomic mass is 16.6. The molecule has 1 saturated carbocycles. The van der Waals surface area contributed by atoms with Crippen LogP contribution in [-0.4, -0.2) is 38.5 Å². The average molecular weight is 249 g/mol. The molecule has 1 aromatic rings. The molecule has 0 amide bonds. The molecule has 0 unspecified atom stereocenters. The van der Waals surface area contributed by atoms with Gasteiger partial charge >= 0.3 is 0 Å². The van der Waals surface area contributed by atoms with Crippen LogP contribution < -0.4 is 14.4 Å². The lowest BCUT2D eigenvalue weighted by molar-refractivity contribution is 0.171. The van der Waals surface area contributed by atoms with Gasteiger partial charge in [0.1, 0.15) is 13.2 Å². The van der Waals surface area contributed by atoms with Crippen molar-refractivity contribution in [2.75, 3.05) is 38.3 Å². The molecule has 1 N–H and O–H groups in total. The predicted octanol–water partition coefficient (Wildman–Crippen LogP) is 1.67. The van der Waals surface area contributed by atoms with Crippen LogP contribution >= 0.6 is 0 Å². The minimum absolute atomic E-state index is 0.127. The summed E-state index contributed by atoms with van der Waals surface area (Å²) in [6.07, 6.45) is 2.25. The van der Waals surface area contributed by atoms with Crippen LogP contribution in [0.15, 0.2) is 18.2 Å². The number of hydrogen-bond donors (Lipinski definition) is 1. The van der Waals surface area contributed by atoms with Gasteiger partial charge in [0.05, 0.1) is 6.61 Å². The zero-order chi connectivity index (χ0) is 12.6. The maximum absolute atomic E-state index is 9.37. The fraction of sp³-hybridized carbons (Fsp3) is 0.571. The van der Waals surface area contributed by atoms with Crippen molar-refractivity contribution in [1.82, 2.24) is 0 Å². The normalized spacial score (nSPS) is 19.4. The van der Waals surface area contributed by atoms with E-state index in [4.69, 9.17) is 9.47 Å². The molecule has 3 rings (SSSR count). The van der Waals surface area contributed by atoms with E-state index in [1.165, 1.54) is 0 Å². The van der Waals surface area contributed by atoms with Gasteiger partial charge in [0.2, 0.25) is 0 Å². The van der Waals surface area contributed by atoms with Crippen molar-refractivity contribution in [1.29, 1.82) is 0 Å². The number of benzene rings is 1. The number of aliphatic hydroxyl groups excluding tert-OH is 1. The van der Waals surface area contributed by atoms with Gasteiger partial charge in [-0.25, -0.2) is 0 Å². The van der Waals surface area contributed by atoms with Gasteiger partial charge in [-0.2, -0.15) is 0 Å². The summed E-state index contributed by atoms with van der Waals surface area (Å²) in [5.41, 5.74) is 1.24. The molecule has 1 heterocycles. The van der Waals surface area contributed by atoms with Gasteiger partial charge < -0.3 is 19.5 Å². The van der Waals surface area contributed by atoms with E-state index in [2.05, 4.69) is 11.9 Å². The molecule has 1 aliphatic heterocycles. The van der Waals surface area contributed by atoms with E-state index in [0.717, 1.165) is 36.6 Å². The predicted molar refractivity (Wildman–Crippen MR) is 69.5 cm³/mol. The first-order chi connectivity index (χ1) is 8.72. The van der Waals surface area contributed by atoms with Gasteiger partial charge in [0.25, 0.3) is 0 Å². The van der Waals surface area contributed by atoms with Crippen molar-refractivity contribution in [2.24, 2.45) is 5.41 Å². The van der Waals surface area contributed by atoms with E-state index < -0.39 is 0 Å². The summed E-state index contributed by atoms with van der Waals surface area (Å²) < 4.78 is 11.1. The van der Waals surface area contributed by atoms with Crippen LogP contribution in [0.25, 0.3) is 0 Å². The molecule has 98 valence electrons. The maximum atomic E-state index is 9.37. The second kappa shape index (κ2) is 4.35. The lowest BCUT2D eigenvalue weighted by Gasteiger charge is -2.26. The molecule has 0 saturated heterocycles. The Kier molecular flexibility index (Phi) is 2.82. The van der Waals surface area contributed by atoms with E-state index in [1.807, 2.05) is 18.2 Å². The Bertz CT molecular complexity index is 443. The zero-order valence-corrected chi connectivity index (χ0v) is 10.7. The number of ether oxygens (including phenoxy) is 2. The highest BCUT2D eigenvalue weighted by Gasteiger charge is 2.42. The summed E-state index contributed by atoms with van der Waals surface area (Å²) in [6, 6.07) is 6.02. The second-order valence-corrected chi connectivity index (χ2v) is 5.34. The Balaban J connectivity index is 1.75. The second-order valence-electron chi connectivity index (χ2n) is 5.34. The fourth-order valence-corrected chi connectivity index (χ4v) is 2.41. The molecule has 4 nitrogen and oxygen atoms in total. The van der Waals surface area contributed by atoms with Gasteiger partial charge in [0, 0.05) is 30.8 Å². The zero-order valence-electron chi connectivity index (χ0n) is 10.7. The van der Waals surface area contributed by atoms with E-state index in [0.29, 0.717) is 13.2 Å². The molecular weight excluding hydrogens is 230 g/mol. The van der Waals surface area contributed by atoms with E-state index in [9.17, 15) is 5.11 Å². The van der Waals surface area contributed by atoms with Crippen molar-refractivity contribution in [3.8, 4) is 11.5 Å². The molecule has 0 spiro atoms. The first kappa shape index (κ1) is 11.7. The summed E-state index contributed by atoms with van der Waals surface area (Å²) in [5, 5.41) is 9.37. The highest BCUT2D eigenvalue weighted by molar-refractivity contribution is 5.56. The van der Waals surface area contributed by atoms with Gasteiger partial charge in [-0.15, -0.1) is 0 Å². The van der Waals surface area contributed by atoms with Crippen molar-refractivity contribution in [3.63, 3.8) is 0 Å². The number of aliphatic hydroxyl groups is 1. The first-order valence-electron chi connectivity index (χ1n) is 6.44. The van der Waals surface area contributed by atoms with Crippen molar-refractivity contribution in [2.45, 2.75) is 12.8 Å². The van der Waals surface area contributed by atoms with Gasteiger partial charge in [-0.1, -0.05) is 0 Å². The van der Waals surface area contributed by atoms with Crippen molar-refractivity contribution < 1.29 is 14.6 Å². The molecule has 2 aliphatic rings. The molecule has 18 heavy (non-hydrogen) atoms. The third kappa shape index (κ3) is 2.12. The smallest absolute Gasteiger partial charge is 0.163 e. The third-order valence-corrected chi connectivity index (χ3v) is 3.83. The molecule has 4 heteroatoms. The SMILES string of the molecule is CN(CC1(CO)CC1)c1ccc2c(c1)OCCO2. The molecular formula is C14H19NO3. The molecule has 1 fully saturated rings. The molecule has 1 aliphatic carbocycles. The van der Waals surface area contributed by atoms with Crippen LogP contribution in [0.5, 0.6) is 11.5 Å². The van der Waals surface area contributed by atoms with Crippen LogP contribution in [0.2, 0.25) is 0 Å². The number of anilines is 1. The Morgan fingerprint density at radius 3 is 2.61 bits per heavy atom. The molecule has 0 bridgehead atoms. The van der Waals surface area contributed by atoms with Crippen molar-refractivity contribution in [3.05, 3.63) is 18.2 Å². The highest BCUT2D eigenvalue weighted by Crippen LogP contribution is 2.46. The van der Waals surface area contributed by atoms with Crippen LogP contribution in [0, 0.1) is 5.41 Å². The summed E-state index contributed by atoms with van der Waals surface area (Å²) in [7, 11) is 2.06. The number of hydrogen-bond acceptors (Lipinski definition) is 4. The Morgan fingerprint density at radius 2 is 1.94 bits per heavy atom. The molecule has 0 radical (unpaired) electrons. The van der Waals surface area contributed by atoms with E-state index in [1.54, 1.807) is 0 Å². The summed E-state index contributed by atoms with van der Waals surface area (Å²) >= 11 is 0. The maximum Gasteiger partial charge on any atom is 0.163 e. The molecule has 0 atom stereocenters. The van der Waals surface area contributed by atoms with Crippen molar-refractivity contribution >= 4 is 5.69 Å². The topological polar surface area (TPSA) is 41.9 Å². The Labute approximate surface area is 107 Å². The average Bonchev–Trinajstić information content (AvgIpc) is 3.18. The Morgan fingerprint density at radius 1 is 1.22 bits per heavy atom. The largest absolute Gasteiger partial charge is 0.486 e. The van der Waals surface area contributed by atoms with Crippen LogP contribution in [0.1, 0.15) is 12.8 Å². The quantitative estimate of drug-likeness (QED) is 0.881. The molecule has 1 aromatic carbocycles. The first-order valence-corrected chi connectivity index (χ1v) is 6.44. The number of nitrogens with zero attached hydrogens (tertiary/aromatic N) is 1. The van der Waals surface area contributed by atoms with Crippen LogP contribution in [0.4, 0.5) is 5.69 Å².